The van der Waals surface area contributed by atoms with E-state index in [0.29, 0.717) is 18.7 Å². The maximum absolute atomic E-state index is 13.0. The Labute approximate surface area is 148 Å². The first-order chi connectivity index (χ1) is 12.2. The zero-order valence-corrected chi connectivity index (χ0v) is 14.3. The van der Waals surface area contributed by atoms with E-state index in [2.05, 4.69) is 0 Å². The van der Waals surface area contributed by atoms with Gasteiger partial charge < -0.3 is 9.47 Å². The third-order valence-electron chi connectivity index (χ3n) is 4.53. The second-order valence-corrected chi connectivity index (χ2v) is 6.99. The van der Waals surface area contributed by atoms with E-state index in [1.807, 2.05) is 39.1 Å². The summed E-state index contributed by atoms with van der Waals surface area (Å²) in [4.78, 5) is 26.5. The summed E-state index contributed by atoms with van der Waals surface area (Å²) < 4.78 is 3.08. The van der Waals surface area contributed by atoms with Gasteiger partial charge in [0.25, 0.3) is 11.8 Å². The molecule has 0 saturated carbocycles. The van der Waals surface area contributed by atoms with Crippen LogP contribution in [0.3, 0.4) is 0 Å². The maximum atomic E-state index is 13.0. The fraction of sp³-hybridized carbons (Fsp3) is 0.222. The van der Waals surface area contributed by atoms with Crippen LogP contribution in [0.1, 0.15) is 32.8 Å². The molecule has 0 atom stereocenters. The highest BCUT2D eigenvalue weighted by molar-refractivity contribution is 7.17. The highest BCUT2D eigenvalue weighted by Crippen LogP contribution is 2.28. The fourth-order valence-corrected chi connectivity index (χ4v) is 4.21. The molecule has 1 aromatic carbocycles. The molecule has 0 unspecified atom stereocenters. The van der Waals surface area contributed by atoms with Crippen molar-refractivity contribution in [1.82, 2.24) is 14.9 Å². The number of aromatic nitrogens is 1. The van der Waals surface area contributed by atoms with Crippen LogP contribution in [0.5, 0.6) is 0 Å². The molecule has 25 heavy (non-hydrogen) atoms. The van der Waals surface area contributed by atoms with E-state index in [9.17, 15) is 9.59 Å². The summed E-state index contributed by atoms with van der Waals surface area (Å²) in [5.74, 6) is -0.525. The monoisotopic (exact) mass is 355 g/mol. The standard InChI is InChI=1S/C18H17N3O3S/c22-17(19-24)12-8-13-10-21(7-3-6-20(13)9-12)18(23)15-11-25-16-5-2-1-4-14(15)16/h1-2,4-5,8-9,11,24H,3,6-7,10H2,(H,19,22). The minimum atomic E-state index is -0.540. The number of fused-ring (bicyclic) bond motifs is 2. The molecule has 128 valence electrons. The number of carbonyl (C=O) groups excluding carboxylic acids is 2. The molecule has 2 N–H and O–H groups in total. The molecule has 6 nitrogen and oxygen atoms in total. The lowest BCUT2D eigenvalue weighted by Crippen LogP contribution is -2.30. The van der Waals surface area contributed by atoms with Crippen LogP contribution in [-0.4, -0.2) is 33.0 Å². The summed E-state index contributed by atoms with van der Waals surface area (Å²) in [6, 6.07) is 9.63. The summed E-state index contributed by atoms with van der Waals surface area (Å²) >= 11 is 1.57. The van der Waals surface area contributed by atoms with E-state index in [1.165, 1.54) is 0 Å². The number of rotatable bonds is 2. The number of amides is 2. The third-order valence-corrected chi connectivity index (χ3v) is 5.49. The smallest absolute Gasteiger partial charge is 0.276 e. The zero-order valence-electron chi connectivity index (χ0n) is 13.4. The summed E-state index contributed by atoms with van der Waals surface area (Å²) in [7, 11) is 0. The lowest BCUT2D eigenvalue weighted by molar-refractivity contribution is 0.0706. The maximum Gasteiger partial charge on any atom is 0.276 e. The van der Waals surface area contributed by atoms with Gasteiger partial charge in [-0.2, -0.15) is 0 Å². The lowest BCUT2D eigenvalue weighted by atomic mass is 10.1. The van der Waals surface area contributed by atoms with Gasteiger partial charge in [0.2, 0.25) is 0 Å². The van der Waals surface area contributed by atoms with E-state index in [0.717, 1.165) is 34.3 Å². The quantitative estimate of drug-likeness (QED) is 0.548. The molecule has 4 rings (SSSR count). The van der Waals surface area contributed by atoms with Crippen molar-refractivity contribution in [3.63, 3.8) is 0 Å². The number of hydroxylamine groups is 1. The summed E-state index contributed by atoms with van der Waals surface area (Å²) in [5, 5.41) is 11.7. The van der Waals surface area contributed by atoms with Crippen molar-refractivity contribution in [2.75, 3.05) is 6.54 Å². The molecule has 1 aliphatic rings. The molecule has 0 aliphatic carbocycles. The Bertz CT molecular complexity index is 960. The number of thiophene rings is 1. The molecule has 1 aliphatic heterocycles. The van der Waals surface area contributed by atoms with Gasteiger partial charge in [0.05, 0.1) is 17.7 Å². The Hall–Kier alpha value is -2.64. The van der Waals surface area contributed by atoms with Crippen molar-refractivity contribution in [2.24, 2.45) is 0 Å². The molecule has 0 spiro atoms. The van der Waals surface area contributed by atoms with Gasteiger partial charge >= 0.3 is 0 Å². The SMILES string of the molecule is O=C(NO)c1cc2n(c1)CCCN(C(=O)c1csc3ccccc13)C2. The zero-order chi connectivity index (χ0) is 17.4. The van der Waals surface area contributed by atoms with E-state index in [4.69, 9.17) is 5.21 Å². The Morgan fingerprint density at radius 3 is 2.88 bits per heavy atom. The van der Waals surface area contributed by atoms with Gasteiger partial charge in [-0.3, -0.25) is 14.8 Å². The predicted octanol–water partition coefficient (Wildman–Crippen LogP) is 2.87. The Morgan fingerprint density at radius 2 is 2.04 bits per heavy atom. The van der Waals surface area contributed by atoms with Crippen molar-refractivity contribution in [3.05, 3.63) is 58.7 Å². The van der Waals surface area contributed by atoms with Crippen LogP contribution in [0, 0.1) is 0 Å². The van der Waals surface area contributed by atoms with Gasteiger partial charge in [-0.1, -0.05) is 18.2 Å². The molecule has 7 heteroatoms. The predicted molar refractivity (Wildman–Crippen MR) is 94.9 cm³/mol. The van der Waals surface area contributed by atoms with Crippen LogP contribution < -0.4 is 5.48 Å². The van der Waals surface area contributed by atoms with Crippen LogP contribution in [-0.2, 0) is 13.1 Å². The van der Waals surface area contributed by atoms with Crippen molar-refractivity contribution in [1.29, 1.82) is 0 Å². The molecule has 2 aromatic heterocycles. The largest absolute Gasteiger partial charge is 0.349 e. The van der Waals surface area contributed by atoms with Crippen molar-refractivity contribution < 1.29 is 14.8 Å². The average molecular weight is 355 g/mol. The van der Waals surface area contributed by atoms with E-state index in [1.54, 1.807) is 29.1 Å². The van der Waals surface area contributed by atoms with Gasteiger partial charge in [-0.15, -0.1) is 11.3 Å². The molecular formula is C18H17N3O3S. The number of aryl methyl sites for hydroxylation is 1. The van der Waals surface area contributed by atoms with Gasteiger partial charge in [0, 0.05) is 40.4 Å². The summed E-state index contributed by atoms with van der Waals surface area (Å²) in [6.45, 7) is 1.86. The van der Waals surface area contributed by atoms with Gasteiger partial charge in [-0.05, 0) is 18.6 Å². The lowest BCUT2D eigenvalue weighted by Gasteiger charge is -2.20. The summed E-state index contributed by atoms with van der Waals surface area (Å²) in [6.07, 6.45) is 2.53. The molecule has 3 heterocycles. The number of hydrogen-bond donors (Lipinski definition) is 2. The highest BCUT2D eigenvalue weighted by Gasteiger charge is 2.23. The Balaban J connectivity index is 1.63. The fourth-order valence-electron chi connectivity index (χ4n) is 3.28. The Kier molecular flexibility index (Phi) is 4.03. The first-order valence-corrected chi connectivity index (χ1v) is 8.94. The minimum absolute atomic E-state index is 0.0141. The van der Waals surface area contributed by atoms with Crippen LogP contribution in [0.15, 0.2) is 41.9 Å². The first-order valence-electron chi connectivity index (χ1n) is 8.06. The number of hydrogen-bond acceptors (Lipinski definition) is 4. The average Bonchev–Trinajstić information content (AvgIpc) is 3.19. The minimum Gasteiger partial charge on any atom is -0.349 e. The van der Waals surface area contributed by atoms with E-state index >= 15 is 0 Å². The Morgan fingerprint density at radius 1 is 1.20 bits per heavy atom. The van der Waals surface area contributed by atoms with E-state index in [-0.39, 0.29) is 5.91 Å². The van der Waals surface area contributed by atoms with Crippen molar-refractivity contribution in [2.45, 2.75) is 19.5 Å². The van der Waals surface area contributed by atoms with Crippen LogP contribution in [0.2, 0.25) is 0 Å². The van der Waals surface area contributed by atoms with Crippen molar-refractivity contribution in [3.8, 4) is 0 Å². The third kappa shape index (κ3) is 2.81. The number of carbonyl (C=O) groups is 2. The highest BCUT2D eigenvalue weighted by atomic mass is 32.1. The van der Waals surface area contributed by atoms with Crippen molar-refractivity contribution >= 4 is 33.2 Å². The van der Waals surface area contributed by atoms with E-state index < -0.39 is 5.91 Å². The molecule has 0 radical (unpaired) electrons. The molecule has 3 aromatic rings. The molecule has 0 saturated heterocycles. The molecule has 0 fully saturated rings. The van der Waals surface area contributed by atoms with Crippen LogP contribution in [0.25, 0.3) is 10.1 Å². The first kappa shape index (κ1) is 15.9. The number of nitrogens with zero attached hydrogens (tertiary/aromatic N) is 2. The molecule has 2 amide bonds. The van der Waals surface area contributed by atoms with Crippen LogP contribution >= 0.6 is 11.3 Å². The van der Waals surface area contributed by atoms with Gasteiger partial charge in [0.1, 0.15) is 0 Å². The normalized spacial score (nSPS) is 14.2. The second-order valence-electron chi connectivity index (χ2n) is 6.08. The second kappa shape index (κ2) is 6.34. The molecule has 0 bridgehead atoms. The number of benzene rings is 1. The van der Waals surface area contributed by atoms with Gasteiger partial charge in [-0.25, -0.2) is 5.48 Å². The van der Waals surface area contributed by atoms with Gasteiger partial charge in [0.15, 0.2) is 0 Å². The topological polar surface area (TPSA) is 74.6 Å². The molecular weight excluding hydrogens is 338 g/mol. The van der Waals surface area contributed by atoms with Crippen LogP contribution in [0.4, 0.5) is 0 Å². The summed E-state index contributed by atoms with van der Waals surface area (Å²) in [5.41, 5.74) is 3.67. The number of nitrogens with one attached hydrogen (secondary N) is 1.